The summed E-state index contributed by atoms with van der Waals surface area (Å²) in [6.07, 6.45) is 5.56. The van der Waals surface area contributed by atoms with Crippen molar-refractivity contribution < 1.29 is 4.74 Å². The summed E-state index contributed by atoms with van der Waals surface area (Å²) in [5, 5.41) is 4.53. The van der Waals surface area contributed by atoms with Crippen LogP contribution in [0.15, 0.2) is 12.3 Å². The number of halogens is 1. The third kappa shape index (κ3) is 2.13. The lowest BCUT2D eigenvalue weighted by Gasteiger charge is -2.37. The van der Waals surface area contributed by atoms with E-state index in [1.807, 2.05) is 11.8 Å². The second-order valence-electron chi connectivity index (χ2n) is 4.60. The molecular formula is C11H15IN2OS. The molecule has 88 valence electrons. The lowest BCUT2D eigenvalue weighted by atomic mass is 9.90. The molecule has 2 atom stereocenters. The molecule has 1 spiro atoms. The van der Waals surface area contributed by atoms with E-state index < -0.39 is 0 Å². The lowest BCUT2D eigenvalue weighted by Crippen LogP contribution is -2.40. The summed E-state index contributed by atoms with van der Waals surface area (Å²) in [4.78, 5) is 0. The molecule has 2 aliphatic rings. The summed E-state index contributed by atoms with van der Waals surface area (Å²) in [6, 6.07) is 2.61. The molecule has 3 heterocycles. The van der Waals surface area contributed by atoms with E-state index in [0.717, 1.165) is 23.1 Å². The Kier molecular flexibility index (Phi) is 3.19. The van der Waals surface area contributed by atoms with Gasteiger partial charge in [0.2, 0.25) is 0 Å². The van der Waals surface area contributed by atoms with Gasteiger partial charge in [0.1, 0.15) is 3.70 Å². The Bertz CT molecular complexity index is 376. The first-order chi connectivity index (χ1) is 7.77. The Labute approximate surface area is 113 Å². The Balaban J connectivity index is 1.77. The maximum absolute atomic E-state index is 6.02. The average Bonchev–Trinajstić information content (AvgIpc) is 2.89. The molecule has 3 rings (SSSR count). The van der Waals surface area contributed by atoms with Gasteiger partial charge in [0.25, 0.3) is 0 Å². The highest BCUT2D eigenvalue weighted by molar-refractivity contribution is 14.1. The van der Waals surface area contributed by atoms with Gasteiger partial charge in [-0.2, -0.15) is 16.9 Å². The van der Waals surface area contributed by atoms with Gasteiger partial charge in [-0.05, 0) is 53.7 Å². The van der Waals surface area contributed by atoms with Crippen molar-refractivity contribution in [2.45, 2.75) is 30.9 Å². The van der Waals surface area contributed by atoms with Crippen molar-refractivity contribution >= 4 is 34.4 Å². The summed E-state index contributed by atoms with van der Waals surface area (Å²) in [5.74, 6) is 2.42. The molecule has 2 saturated heterocycles. The first-order valence-electron chi connectivity index (χ1n) is 5.70. The van der Waals surface area contributed by atoms with Crippen LogP contribution in [0.5, 0.6) is 0 Å². The SMILES string of the molecule is Ic1ccn(C2CCOC3(CCSC3)C2)n1. The second-order valence-corrected chi connectivity index (χ2v) is 6.81. The third-order valence-electron chi connectivity index (χ3n) is 3.48. The first kappa shape index (κ1) is 11.3. The maximum Gasteiger partial charge on any atom is 0.123 e. The summed E-state index contributed by atoms with van der Waals surface area (Å²) >= 11 is 4.29. The summed E-state index contributed by atoms with van der Waals surface area (Å²) in [5.41, 5.74) is 0.158. The third-order valence-corrected chi connectivity index (χ3v) is 5.28. The van der Waals surface area contributed by atoms with Gasteiger partial charge >= 0.3 is 0 Å². The van der Waals surface area contributed by atoms with Crippen molar-refractivity contribution in [1.29, 1.82) is 0 Å². The van der Waals surface area contributed by atoms with E-state index in [0.29, 0.717) is 6.04 Å². The highest BCUT2D eigenvalue weighted by atomic mass is 127. The number of nitrogens with zero attached hydrogens (tertiary/aromatic N) is 2. The van der Waals surface area contributed by atoms with Crippen molar-refractivity contribution in [2.75, 3.05) is 18.1 Å². The van der Waals surface area contributed by atoms with Gasteiger partial charge in [-0.3, -0.25) is 4.68 Å². The molecule has 0 saturated carbocycles. The van der Waals surface area contributed by atoms with Crippen LogP contribution < -0.4 is 0 Å². The highest BCUT2D eigenvalue weighted by Gasteiger charge is 2.41. The summed E-state index contributed by atoms with van der Waals surface area (Å²) in [6.45, 7) is 0.891. The quantitative estimate of drug-likeness (QED) is 0.729. The van der Waals surface area contributed by atoms with E-state index in [9.17, 15) is 0 Å². The molecule has 1 aromatic rings. The number of hydrogen-bond acceptors (Lipinski definition) is 3. The lowest BCUT2D eigenvalue weighted by molar-refractivity contribution is -0.0778. The van der Waals surface area contributed by atoms with E-state index in [4.69, 9.17) is 4.74 Å². The van der Waals surface area contributed by atoms with Crippen molar-refractivity contribution in [3.8, 4) is 0 Å². The molecular weight excluding hydrogens is 335 g/mol. The van der Waals surface area contributed by atoms with E-state index in [-0.39, 0.29) is 5.60 Å². The molecule has 0 bridgehead atoms. The summed E-state index contributed by atoms with van der Waals surface area (Å²) < 4.78 is 9.24. The van der Waals surface area contributed by atoms with Crippen LogP contribution in [0.4, 0.5) is 0 Å². The fourth-order valence-corrected chi connectivity index (χ4v) is 4.40. The molecule has 2 fully saturated rings. The van der Waals surface area contributed by atoms with Gasteiger partial charge in [-0.25, -0.2) is 0 Å². The summed E-state index contributed by atoms with van der Waals surface area (Å²) in [7, 11) is 0. The Hall–Kier alpha value is 0.250. The van der Waals surface area contributed by atoms with Crippen molar-refractivity contribution in [3.05, 3.63) is 16.0 Å². The number of rotatable bonds is 1. The van der Waals surface area contributed by atoms with Gasteiger partial charge in [-0.1, -0.05) is 0 Å². The number of hydrogen-bond donors (Lipinski definition) is 0. The molecule has 0 amide bonds. The second kappa shape index (κ2) is 4.49. The fourth-order valence-electron chi connectivity index (χ4n) is 2.61. The Morgan fingerprint density at radius 3 is 3.25 bits per heavy atom. The van der Waals surface area contributed by atoms with Crippen molar-refractivity contribution in [2.24, 2.45) is 0 Å². The minimum Gasteiger partial charge on any atom is -0.374 e. The van der Waals surface area contributed by atoms with Crippen LogP contribution >= 0.6 is 34.4 Å². The van der Waals surface area contributed by atoms with Gasteiger partial charge in [0, 0.05) is 18.6 Å². The zero-order valence-electron chi connectivity index (χ0n) is 9.06. The minimum atomic E-state index is 0.158. The smallest absolute Gasteiger partial charge is 0.123 e. The predicted molar refractivity (Wildman–Crippen MR) is 73.8 cm³/mol. The maximum atomic E-state index is 6.02. The van der Waals surface area contributed by atoms with Gasteiger partial charge in [-0.15, -0.1) is 0 Å². The van der Waals surface area contributed by atoms with Crippen LogP contribution in [0.3, 0.4) is 0 Å². The van der Waals surface area contributed by atoms with Gasteiger partial charge in [0.05, 0.1) is 11.6 Å². The molecule has 2 unspecified atom stereocenters. The fraction of sp³-hybridized carbons (Fsp3) is 0.727. The number of ether oxygens (including phenoxy) is 1. The monoisotopic (exact) mass is 350 g/mol. The number of thioether (sulfide) groups is 1. The largest absolute Gasteiger partial charge is 0.374 e. The van der Waals surface area contributed by atoms with Crippen molar-refractivity contribution in [3.63, 3.8) is 0 Å². The molecule has 1 aromatic heterocycles. The van der Waals surface area contributed by atoms with Crippen LogP contribution in [0, 0.1) is 3.70 Å². The topological polar surface area (TPSA) is 27.1 Å². The zero-order valence-corrected chi connectivity index (χ0v) is 12.0. The Morgan fingerprint density at radius 2 is 2.56 bits per heavy atom. The van der Waals surface area contributed by atoms with E-state index in [1.165, 1.54) is 17.9 Å². The van der Waals surface area contributed by atoms with Crippen LogP contribution in [0.2, 0.25) is 0 Å². The predicted octanol–water partition coefficient (Wildman–Crippen LogP) is 2.71. The van der Waals surface area contributed by atoms with Gasteiger partial charge < -0.3 is 4.74 Å². The normalized spacial score (nSPS) is 34.7. The van der Waals surface area contributed by atoms with Crippen molar-refractivity contribution in [1.82, 2.24) is 9.78 Å². The molecule has 0 radical (unpaired) electrons. The molecule has 0 N–H and O–H groups in total. The number of aromatic nitrogens is 2. The van der Waals surface area contributed by atoms with Crippen LogP contribution in [0.25, 0.3) is 0 Å². The van der Waals surface area contributed by atoms with E-state index in [2.05, 4.69) is 44.6 Å². The van der Waals surface area contributed by atoms with Crippen LogP contribution in [-0.4, -0.2) is 33.5 Å². The first-order valence-corrected chi connectivity index (χ1v) is 7.93. The Morgan fingerprint density at radius 1 is 1.62 bits per heavy atom. The van der Waals surface area contributed by atoms with E-state index in [1.54, 1.807) is 0 Å². The molecule has 5 heteroatoms. The van der Waals surface area contributed by atoms with Crippen LogP contribution in [0.1, 0.15) is 25.3 Å². The zero-order chi connectivity index (χ0) is 11.0. The molecule has 3 nitrogen and oxygen atoms in total. The highest BCUT2D eigenvalue weighted by Crippen LogP contribution is 2.41. The van der Waals surface area contributed by atoms with E-state index >= 15 is 0 Å². The molecule has 16 heavy (non-hydrogen) atoms. The van der Waals surface area contributed by atoms with Crippen LogP contribution in [-0.2, 0) is 4.74 Å². The molecule has 0 aliphatic carbocycles. The average molecular weight is 350 g/mol. The molecule has 0 aromatic carbocycles. The minimum absolute atomic E-state index is 0.158. The standard InChI is InChI=1S/C11H15IN2OS/c12-10-1-4-14(13-10)9-2-5-15-11(7-9)3-6-16-8-11/h1,4,9H,2-3,5-8H2. The molecule has 2 aliphatic heterocycles. The van der Waals surface area contributed by atoms with Gasteiger partial charge in [0.15, 0.2) is 0 Å².